The highest BCUT2D eigenvalue weighted by Gasteiger charge is 2.19. The molecule has 1 atom stereocenters. The number of furan rings is 1. The molecule has 0 saturated heterocycles. The summed E-state index contributed by atoms with van der Waals surface area (Å²) in [7, 11) is 1.89. The minimum absolute atomic E-state index is 0.0212. The number of carbonyl (C=O) groups is 1. The zero-order valence-electron chi connectivity index (χ0n) is 16.3. The van der Waals surface area contributed by atoms with Gasteiger partial charge in [-0.3, -0.25) is 9.69 Å². The van der Waals surface area contributed by atoms with Crippen LogP contribution in [0.5, 0.6) is 0 Å². The molecule has 6 heteroatoms. The fraction of sp³-hybridized carbons (Fsp3) is 0.261. The number of rotatable bonds is 9. The highest BCUT2D eigenvalue weighted by atomic mass is 35.5. The van der Waals surface area contributed by atoms with Gasteiger partial charge in [-0.1, -0.05) is 41.9 Å². The van der Waals surface area contributed by atoms with E-state index in [4.69, 9.17) is 16.0 Å². The molecule has 152 valence electrons. The molecule has 3 rings (SSSR count). The van der Waals surface area contributed by atoms with Crippen molar-refractivity contribution in [3.05, 3.63) is 83.1 Å². The zero-order chi connectivity index (χ0) is 20.6. The highest BCUT2D eigenvalue weighted by Crippen LogP contribution is 2.24. The summed E-state index contributed by atoms with van der Waals surface area (Å²) in [6.45, 7) is 0.603. The van der Waals surface area contributed by atoms with Crippen LogP contribution in [-0.2, 0) is 11.3 Å². The van der Waals surface area contributed by atoms with Crippen LogP contribution in [0.4, 0.5) is 0 Å². The Morgan fingerprint density at radius 1 is 1.10 bits per heavy atom. The van der Waals surface area contributed by atoms with Gasteiger partial charge in [-0.25, -0.2) is 0 Å². The predicted octanol–water partition coefficient (Wildman–Crippen LogP) is 4.27. The number of nitrogens with one attached hydrogen (secondary N) is 1. The van der Waals surface area contributed by atoms with Crippen LogP contribution in [0.2, 0.25) is 5.02 Å². The molecular weight excluding hydrogens is 388 g/mol. The normalized spacial score (nSPS) is 12.1. The Kier molecular flexibility index (Phi) is 7.47. The molecule has 1 unspecified atom stereocenters. The van der Waals surface area contributed by atoms with E-state index in [1.165, 1.54) is 0 Å². The van der Waals surface area contributed by atoms with Crippen LogP contribution in [0.3, 0.4) is 0 Å². The third kappa shape index (κ3) is 5.94. The zero-order valence-corrected chi connectivity index (χ0v) is 17.1. The molecule has 0 aliphatic heterocycles. The molecule has 2 N–H and O–H groups in total. The van der Waals surface area contributed by atoms with Crippen LogP contribution < -0.4 is 5.32 Å². The second kappa shape index (κ2) is 10.3. The lowest BCUT2D eigenvalue weighted by Crippen LogP contribution is -2.37. The van der Waals surface area contributed by atoms with Crippen molar-refractivity contribution < 1.29 is 14.3 Å². The summed E-state index contributed by atoms with van der Waals surface area (Å²) < 4.78 is 5.82. The fourth-order valence-corrected chi connectivity index (χ4v) is 3.39. The first-order chi connectivity index (χ1) is 14.1. The van der Waals surface area contributed by atoms with E-state index in [-0.39, 0.29) is 25.1 Å². The largest absolute Gasteiger partial charge is 0.459 e. The maximum atomic E-state index is 12.4. The maximum Gasteiger partial charge on any atom is 0.234 e. The van der Waals surface area contributed by atoms with Crippen molar-refractivity contribution in [3.63, 3.8) is 0 Å². The summed E-state index contributed by atoms with van der Waals surface area (Å²) in [6.07, 6.45) is 0.566. The van der Waals surface area contributed by atoms with Crippen molar-refractivity contribution in [2.24, 2.45) is 0 Å². The van der Waals surface area contributed by atoms with E-state index in [1.54, 1.807) is 0 Å². The number of hydrogen-bond donors (Lipinski definition) is 2. The Morgan fingerprint density at radius 3 is 2.52 bits per heavy atom. The summed E-state index contributed by atoms with van der Waals surface area (Å²) >= 11 is 5.92. The minimum atomic E-state index is -0.101. The molecule has 0 aliphatic carbocycles. The number of aliphatic hydroxyl groups is 1. The third-order valence-electron chi connectivity index (χ3n) is 4.76. The molecule has 0 saturated carbocycles. The number of nitrogens with zero attached hydrogens (tertiary/aromatic N) is 1. The van der Waals surface area contributed by atoms with Gasteiger partial charge < -0.3 is 14.8 Å². The molecule has 0 bridgehead atoms. The highest BCUT2D eigenvalue weighted by molar-refractivity contribution is 6.30. The smallest absolute Gasteiger partial charge is 0.234 e. The molecule has 0 fully saturated rings. The Labute approximate surface area is 175 Å². The number of amides is 1. The predicted molar refractivity (Wildman–Crippen MR) is 115 cm³/mol. The van der Waals surface area contributed by atoms with Crippen molar-refractivity contribution in [2.45, 2.75) is 19.0 Å². The van der Waals surface area contributed by atoms with Crippen LogP contribution in [0.25, 0.3) is 11.3 Å². The van der Waals surface area contributed by atoms with Crippen molar-refractivity contribution in [2.75, 3.05) is 20.2 Å². The van der Waals surface area contributed by atoms with Gasteiger partial charge in [-0.15, -0.1) is 0 Å². The number of halogens is 1. The lowest BCUT2D eigenvalue weighted by Gasteiger charge is -2.27. The van der Waals surface area contributed by atoms with E-state index in [0.29, 0.717) is 23.7 Å². The first kappa shape index (κ1) is 21.1. The summed E-state index contributed by atoms with van der Waals surface area (Å²) in [6, 6.07) is 21.0. The first-order valence-corrected chi connectivity index (χ1v) is 9.92. The number of carbonyl (C=O) groups excluding carboxylic acids is 1. The summed E-state index contributed by atoms with van der Waals surface area (Å²) in [5.41, 5.74) is 2.01. The molecule has 2 aromatic carbocycles. The topological polar surface area (TPSA) is 65.7 Å². The summed E-state index contributed by atoms with van der Waals surface area (Å²) in [5, 5.41) is 13.0. The molecule has 0 aliphatic rings. The Bertz CT molecular complexity index is 909. The first-order valence-electron chi connectivity index (χ1n) is 9.54. The minimum Gasteiger partial charge on any atom is -0.459 e. The van der Waals surface area contributed by atoms with Gasteiger partial charge in [0.1, 0.15) is 11.5 Å². The van der Waals surface area contributed by atoms with Gasteiger partial charge in [0.2, 0.25) is 5.91 Å². The van der Waals surface area contributed by atoms with Crippen LogP contribution in [0.1, 0.15) is 23.8 Å². The second-order valence-electron chi connectivity index (χ2n) is 6.90. The molecule has 1 heterocycles. The molecule has 3 aromatic rings. The lowest BCUT2D eigenvalue weighted by atomic mass is 10.0. The third-order valence-corrected chi connectivity index (χ3v) is 5.01. The molecule has 1 aromatic heterocycles. The van der Waals surface area contributed by atoms with Crippen LogP contribution in [0.15, 0.2) is 71.1 Å². The van der Waals surface area contributed by atoms with Crippen molar-refractivity contribution >= 4 is 17.5 Å². The quantitative estimate of drug-likeness (QED) is 0.550. The van der Waals surface area contributed by atoms with Gasteiger partial charge in [-0.2, -0.15) is 0 Å². The second-order valence-corrected chi connectivity index (χ2v) is 7.34. The molecule has 29 heavy (non-hydrogen) atoms. The van der Waals surface area contributed by atoms with E-state index in [9.17, 15) is 9.90 Å². The van der Waals surface area contributed by atoms with Crippen molar-refractivity contribution in [1.82, 2.24) is 10.2 Å². The Morgan fingerprint density at radius 2 is 1.83 bits per heavy atom. The molecule has 1 amide bonds. The van der Waals surface area contributed by atoms with Crippen molar-refractivity contribution in [3.8, 4) is 11.3 Å². The van der Waals surface area contributed by atoms with E-state index in [1.807, 2.05) is 78.7 Å². The standard InChI is InChI=1S/C23H25ClN2O3/c1-26(21(13-14-27)17-5-3-2-4-6-17)16-23(28)25-15-20-11-12-22(29-20)18-7-9-19(24)10-8-18/h2-12,21,27H,13-16H2,1H3,(H,25,28). The number of hydrogen-bond acceptors (Lipinski definition) is 4. The maximum absolute atomic E-state index is 12.4. The SMILES string of the molecule is CN(CC(=O)NCc1ccc(-c2ccc(Cl)cc2)o1)C(CCO)c1ccccc1. The summed E-state index contributed by atoms with van der Waals surface area (Å²) in [5.74, 6) is 1.31. The van der Waals surface area contributed by atoms with E-state index in [0.717, 1.165) is 16.9 Å². The van der Waals surface area contributed by atoms with Gasteiger partial charge in [0.05, 0.1) is 13.1 Å². The molecule has 0 radical (unpaired) electrons. The number of aliphatic hydroxyl groups excluding tert-OH is 1. The number of likely N-dealkylation sites (N-methyl/N-ethyl adjacent to an activating group) is 1. The van der Waals surface area contributed by atoms with Gasteiger partial charge >= 0.3 is 0 Å². The van der Waals surface area contributed by atoms with E-state index in [2.05, 4.69) is 5.32 Å². The fourth-order valence-electron chi connectivity index (χ4n) is 3.26. The monoisotopic (exact) mass is 412 g/mol. The molecule has 0 spiro atoms. The van der Waals surface area contributed by atoms with E-state index >= 15 is 0 Å². The summed E-state index contributed by atoms with van der Waals surface area (Å²) in [4.78, 5) is 14.4. The average molecular weight is 413 g/mol. The van der Waals surface area contributed by atoms with Crippen molar-refractivity contribution in [1.29, 1.82) is 0 Å². The molecular formula is C23H25ClN2O3. The van der Waals surface area contributed by atoms with Gasteiger partial charge in [0.15, 0.2) is 0 Å². The molecule has 5 nitrogen and oxygen atoms in total. The van der Waals surface area contributed by atoms with Gasteiger partial charge in [0, 0.05) is 23.2 Å². The average Bonchev–Trinajstić information content (AvgIpc) is 3.20. The van der Waals surface area contributed by atoms with Crippen LogP contribution in [-0.4, -0.2) is 36.1 Å². The van der Waals surface area contributed by atoms with Crippen LogP contribution >= 0.6 is 11.6 Å². The Hall–Kier alpha value is -2.60. The number of benzene rings is 2. The van der Waals surface area contributed by atoms with E-state index < -0.39 is 0 Å². The van der Waals surface area contributed by atoms with Gasteiger partial charge in [-0.05, 0) is 55.4 Å². The lowest BCUT2D eigenvalue weighted by molar-refractivity contribution is -0.122. The van der Waals surface area contributed by atoms with Crippen LogP contribution in [0, 0.1) is 0 Å². The Balaban J connectivity index is 1.54. The van der Waals surface area contributed by atoms with Gasteiger partial charge in [0.25, 0.3) is 0 Å².